The maximum Gasteiger partial charge on any atom is 0.337 e. The molecule has 0 amide bonds. The summed E-state index contributed by atoms with van der Waals surface area (Å²) in [7, 11) is 0. The number of benzene rings is 1. The van der Waals surface area contributed by atoms with Gasteiger partial charge in [-0.15, -0.1) is 11.3 Å². The van der Waals surface area contributed by atoms with E-state index in [-0.39, 0.29) is 11.6 Å². The van der Waals surface area contributed by atoms with E-state index in [9.17, 15) is 4.79 Å². The molecule has 0 saturated heterocycles. The molecule has 0 aliphatic heterocycles. The van der Waals surface area contributed by atoms with E-state index in [1.807, 2.05) is 19.1 Å². The first kappa shape index (κ1) is 13.7. The van der Waals surface area contributed by atoms with Gasteiger partial charge >= 0.3 is 5.97 Å². The second-order valence-corrected chi connectivity index (χ2v) is 5.86. The molecule has 19 heavy (non-hydrogen) atoms. The molecule has 0 spiro atoms. The molecular formula is C13H13ClN2O2S. The highest BCUT2D eigenvalue weighted by molar-refractivity contribution is 7.16. The van der Waals surface area contributed by atoms with Crippen LogP contribution >= 0.6 is 22.9 Å². The van der Waals surface area contributed by atoms with Gasteiger partial charge < -0.3 is 16.2 Å². The Hall–Kier alpha value is -1.72. The van der Waals surface area contributed by atoms with Crippen molar-refractivity contribution in [3.63, 3.8) is 0 Å². The second-order valence-electron chi connectivity index (χ2n) is 4.12. The average molecular weight is 297 g/mol. The quantitative estimate of drug-likeness (QED) is 0.749. The van der Waals surface area contributed by atoms with Crippen LogP contribution in [0.3, 0.4) is 0 Å². The van der Waals surface area contributed by atoms with Gasteiger partial charge in [0.05, 0.1) is 15.9 Å². The molecule has 1 aromatic carbocycles. The van der Waals surface area contributed by atoms with Crippen molar-refractivity contribution in [3.05, 3.63) is 45.1 Å². The summed E-state index contributed by atoms with van der Waals surface area (Å²) >= 11 is 7.35. The van der Waals surface area contributed by atoms with E-state index in [4.69, 9.17) is 22.4 Å². The number of carboxylic acid groups (broad SMARTS) is 1. The fraction of sp³-hybridized carbons (Fsp3) is 0.154. The number of nitrogens with one attached hydrogen (secondary N) is 1. The Balaban J connectivity index is 2.26. The molecule has 0 bridgehead atoms. The number of hydrogen-bond acceptors (Lipinski definition) is 4. The zero-order valence-electron chi connectivity index (χ0n) is 10.2. The lowest BCUT2D eigenvalue weighted by molar-refractivity contribution is 0.0698. The molecule has 0 saturated carbocycles. The largest absolute Gasteiger partial charge is 0.478 e. The molecule has 0 aliphatic rings. The van der Waals surface area contributed by atoms with Gasteiger partial charge in [-0.3, -0.25) is 0 Å². The Labute approximate surface area is 119 Å². The normalized spacial score (nSPS) is 12.1. The number of thiophene rings is 1. The Morgan fingerprint density at radius 1 is 1.42 bits per heavy atom. The van der Waals surface area contributed by atoms with Gasteiger partial charge in [0.1, 0.15) is 0 Å². The van der Waals surface area contributed by atoms with E-state index in [1.165, 1.54) is 17.4 Å². The van der Waals surface area contributed by atoms with Crippen molar-refractivity contribution in [1.29, 1.82) is 0 Å². The minimum absolute atomic E-state index is 0.0285. The highest BCUT2D eigenvalue weighted by Crippen LogP contribution is 2.30. The maximum atomic E-state index is 11.2. The topological polar surface area (TPSA) is 75.3 Å². The van der Waals surface area contributed by atoms with E-state index in [0.717, 1.165) is 4.88 Å². The fourth-order valence-electron chi connectivity index (χ4n) is 1.73. The van der Waals surface area contributed by atoms with Crippen LogP contribution in [0.1, 0.15) is 28.2 Å². The van der Waals surface area contributed by atoms with Gasteiger partial charge in [0.25, 0.3) is 0 Å². The minimum atomic E-state index is -1.01. The SMILES string of the molecule is CC(Nc1ccc(N)cc1C(=O)O)c1ccc(Cl)s1. The second kappa shape index (κ2) is 5.50. The van der Waals surface area contributed by atoms with Crippen molar-refractivity contribution in [3.8, 4) is 0 Å². The van der Waals surface area contributed by atoms with Crippen molar-refractivity contribution in [2.45, 2.75) is 13.0 Å². The van der Waals surface area contributed by atoms with E-state index in [0.29, 0.717) is 15.7 Å². The van der Waals surface area contributed by atoms with E-state index in [2.05, 4.69) is 5.32 Å². The van der Waals surface area contributed by atoms with E-state index in [1.54, 1.807) is 12.1 Å². The number of nitrogens with two attached hydrogens (primary N) is 1. The van der Waals surface area contributed by atoms with Crippen LogP contribution in [0.5, 0.6) is 0 Å². The number of hydrogen-bond donors (Lipinski definition) is 3. The third kappa shape index (κ3) is 3.19. The molecule has 100 valence electrons. The minimum Gasteiger partial charge on any atom is -0.478 e. The summed E-state index contributed by atoms with van der Waals surface area (Å²) in [5.74, 6) is -1.01. The molecule has 2 rings (SSSR count). The first-order valence-corrected chi connectivity index (χ1v) is 6.81. The lowest BCUT2D eigenvalue weighted by Gasteiger charge is -2.16. The molecule has 2 aromatic rings. The predicted octanol–water partition coefficient (Wildman–Crippen LogP) is 3.86. The zero-order valence-corrected chi connectivity index (χ0v) is 11.8. The molecule has 4 N–H and O–H groups in total. The number of carbonyl (C=O) groups is 1. The molecule has 0 radical (unpaired) electrons. The van der Waals surface area contributed by atoms with Gasteiger partial charge in [-0.2, -0.15) is 0 Å². The van der Waals surface area contributed by atoms with Gasteiger partial charge in [0, 0.05) is 16.3 Å². The predicted molar refractivity (Wildman–Crippen MR) is 79.2 cm³/mol. The van der Waals surface area contributed by atoms with Crippen LogP contribution in [0.4, 0.5) is 11.4 Å². The van der Waals surface area contributed by atoms with Gasteiger partial charge in [0.2, 0.25) is 0 Å². The number of halogens is 1. The Morgan fingerprint density at radius 3 is 2.74 bits per heavy atom. The van der Waals surface area contributed by atoms with Gasteiger partial charge in [0.15, 0.2) is 0 Å². The fourth-order valence-corrected chi connectivity index (χ4v) is 2.79. The molecule has 4 nitrogen and oxygen atoms in total. The van der Waals surface area contributed by atoms with Crippen LogP contribution in [-0.4, -0.2) is 11.1 Å². The summed E-state index contributed by atoms with van der Waals surface area (Å²) in [6.07, 6.45) is 0. The van der Waals surface area contributed by atoms with Crippen LogP contribution in [0.15, 0.2) is 30.3 Å². The number of carboxylic acids is 1. The number of nitrogen functional groups attached to an aromatic ring is 1. The lowest BCUT2D eigenvalue weighted by atomic mass is 10.1. The summed E-state index contributed by atoms with van der Waals surface area (Å²) in [6, 6.07) is 8.49. The summed E-state index contributed by atoms with van der Waals surface area (Å²) in [4.78, 5) is 12.2. The standard InChI is InChI=1S/C13H13ClN2O2S/c1-7(11-4-5-12(14)19-11)16-10-3-2-8(15)6-9(10)13(17)18/h2-7,16H,15H2,1H3,(H,17,18). The van der Waals surface area contributed by atoms with Crippen molar-refractivity contribution in [2.24, 2.45) is 0 Å². The molecular weight excluding hydrogens is 284 g/mol. The molecule has 1 heterocycles. The summed E-state index contributed by atoms with van der Waals surface area (Å²) in [5, 5.41) is 12.3. The van der Waals surface area contributed by atoms with Gasteiger partial charge in [-0.1, -0.05) is 11.6 Å². The van der Waals surface area contributed by atoms with Gasteiger partial charge in [-0.05, 0) is 37.3 Å². The molecule has 0 fully saturated rings. The molecule has 1 aromatic heterocycles. The number of aromatic carboxylic acids is 1. The molecule has 1 atom stereocenters. The highest BCUT2D eigenvalue weighted by Gasteiger charge is 2.14. The smallest absolute Gasteiger partial charge is 0.337 e. The summed E-state index contributed by atoms with van der Waals surface area (Å²) < 4.78 is 0.708. The number of anilines is 2. The van der Waals surface area contributed by atoms with Crippen LogP contribution < -0.4 is 11.1 Å². The van der Waals surface area contributed by atoms with Crippen LogP contribution in [0.25, 0.3) is 0 Å². The highest BCUT2D eigenvalue weighted by atomic mass is 35.5. The van der Waals surface area contributed by atoms with Crippen molar-refractivity contribution < 1.29 is 9.90 Å². The third-order valence-electron chi connectivity index (χ3n) is 2.67. The Kier molecular flexibility index (Phi) is 3.97. The first-order valence-electron chi connectivity index (χ1n) is 5.62. The van der Waals surface area contributed by atoms with Gasteiger partial charge in [-0.25, -0.2) is 4.79 Å². The zero-order chi connectivity index (χ0) is 14.0. The maximum absolute atomic E-state index is 11.2. The Bertz CT molecular complexity index is 612. The van der Waals surface area contributed by atoms with Crippen LogP contribution in [0, 0.1) is 0 Å². The first-order chi connectivity index (χ1) is 8.97. The van der Waals surface area contributed by atoms with Crippen molar-refractivity contribution in [1.82, 2.24) is 0 Å². The molecule has 6 heteroatoms. The third-order valence-corrected chi connectivity index (χ3v) is 4.08. The molecule has 0 aliphatic carbocycles. The van der Waals surface area contributed by atoms with E-state index < -0.39 is 5.97 Å². The lowest BCUT2D eigenvalue weighted by Crippen LogP contribution is -2.10. The number of rotatable bonds is 4. The Morgan fingerprint density at radius 2 is 2.16 bits per heavy atom. The van der Waals surface area contributed by atoms with Crippen molar-refractivity contribution >= 4 is 40.3 Å². The average Bonchev–Trinajstić information content (AvgIpc) is 2.78. The monoisotopic (exact) mass is 296 g/mol. The van der Waals surface area contributed by atoms with Crippen LogP contribution in [-0.2, 0) is 0 Å². The summed E-state index contributed by atoms with van der Waals surface area (Å²) in [5.41, 5.74) is 6.73. The van der Waals surface area contributed by atoms with Crippen LogP contribution in [0.2, 0.25) is 4.34 Å². The van der Waals surface area contributed by atoms with Crippen molar-refractivity contribution in [2.75, 3.05) is 11.1 Å². The van der Waals surface area contributed by atoms with E-state index >= 15 is 0 Å². The summed E-state index contributed by atoms with van der Waals surface area (Å²) in [6.45, 7) is 1.95. The molecule has 1 unspecified atom stereocenters.